The van der Waals surface area contributed by atoms with E-state index in [4.69, 9.17) is 5.73 Å². The van der Waals surface area contributed by atoms with E-state index in [9.17, 15) is 9.59 Å². The summed E-state index contributed by atoms with van der Waals surface area (Å²) in [5.41, 5.74) is 5.42. The Kier molecular flexibility index (Phi) is 4.73. The second kappa shape index (κ2) is 6.51. The summed E-state index contributed by atoms with van der Waals surface area (Å²) in [6.07, 6.45) is 6.23. The van der Waals surface area contributed by atoms with Crippen molar-refractivity contribution in [2.75, 3.05) is 5.32 Å². The van der Waals surface area contributed by atoms with Crippen LogP contribution < -0.4 is 16.4 Å². The summed E-state index contributed by atoms with van der Waals surface area (Å²) in [4.78, 5) is 27.3. The van der Waals surface area contributed by atoms with Crippen LogP contribution in [-0.4, -0.2) is 23.0 Å². The molecule has 1 fully saturated rings. The molecule has 0 saturated heterocycles. The van der Waals surface area contributed by atoms with Crippen molar-refractivity contribution in [3.8, 4) is 0 Å². The second-order valence-electron chi connectivity index (χ2n) is 4.69. The first-order chi connectivity index (χ1) is 9.16. The molecule has 2 rings (SSSR count). The molecule has 1 aliphatic carbocycles. The molecule has 19 heavy (non-hydrogen) atoms. The van der Waals surface area contributed by atoms with Gasteiger partial charge in [0.15, 0.2) is 5.13 Å². The minimum atomic E-state index is -0.332. The highest BCUT2D eigenvalue weighted by Gasteiger charge is 2.29. The number of rotatable bonds is 3. The average molecular weight is 282 g/mol. The maximum absolute atomic E-state index is 11.9. The van der Waals surface area contributed by atoms with Gasteiger partial charge in [-0.05, 0) is 12.8 Å². The normalized spacial score (nSPS) is 23.4. The average Bonchev–Trinajstić information content (AvgIpc) is 2.73. The van der Waals surface area contributed by atoms with E-state index in [1.807, 2.05) is 0 Å². The number of anilines is 1. The SMILES string of the molecule is NC(=O)[C@H]1CCCCC[C@H]1NC(=O)Nc1nccs1. The highest BCUT2D eigenvalue weighted by molar-refractivity contribution is 7.13. The number of hydrogen-bond donors (Lipinski definition) is 3. The van der Waals surface area contributed by atoms with Gasteiger partial charge in [-0.15, -0.1) is 11.3 Å². The molecular formula is C12H18N4O2S. The molecule has 104 valence electrons. The lowest BCUT2D eigenvalue weighted by molar-refractivity contribution is -0.122. The number of hydrogen-bond acceptors (Lipinski definition) is 4. The van der Waals surface area contributed by atoms with Gasteiger partial charge >= 0.3 is 6.03 Å². The summed E-state index contributed by atoms with van der Waals surface area (Å²) >= 11 is 1.35. The molecular weight excluding hydrogens is 264 g/mol. The van der Waals surface area contributed by atoms with E-state index in [2.05, 4.69) is 15.6 Å². The van der Waals surface area contributed by atoms with Crippen LogP contribution in [0.2, 0.25) is 0 Å². The number of carbonyl (C=O) groups excluding carboxylic acids is 2. The Balaban J connectivity index is 1.94. The zero-order chi connectivity index (χ0) is 13.7. The molecule has 3 amide bonds. The molecule has 1 saturated carbocycles. The minimum absolute atomic E-state index is 0.181. The van der Waals surface area contributed by atoms with Crippen LogP contribution in [0.3, 0.4) is 0 Å². The Morgan fingerprint density at radius 3 is 2.79 bits per heavy atom. The number of carbonyl (C=O) groups is 2. The Labute approximate surface area is 115 Å². The van der Waals surface area contributed by atoms with Gasteiger partial charge < -0.3 is 11.1 Å². The van der Waals surface area contributed by atoms with Crippen LogP contribution in [0.1, 0.15) is 32.1 Å². The van der Waals surface area contributed by atoms with Gasteiger partial charge in [0.25, 0.3) is 0 Å². The standard InChI is InChI=1S/C12H18N4O2S/c13-10(17)8-4-2-1-3-5-9(8)15-11(18)16-12-14-6-7-19-12/h6-9H,1-5H2,(H2,13,17)(H2,14,15,16,18)/t8-,9+/m0/s1. The third kappa shape index (κ3) is 3.92. The van der Waals surface area contributed by atoms with E-state index < -0.39 is 0 Å². The number of primary amides is 1. The summed E-state index contributed by atoms with van der Waals surface area (Å²) < 4.78 is 0. The summed E-state index contributed by atoms with van der Waals surface area (Å²) in [5.74, 6) is -0.606. The van der Waals surface area contributed by atoms with Gasteiger partial charge in [0.2, 0.25) is 5.91 Å². The summed E-state index contributed by atoms with van der Waals surface area (Å²) in [6, 6.07) is -0.506. The van der Waals surface area contributed by atoms with Crippen molar-refractivity contribution in [2.24, 2.45) is 11.7 Å². The number of amides is 3. The molecule has 4 N–H and O–H groups in total. The van der Waals surface area contributed by atoms with E-state index in [0.717, 1.165) is 32.1 Å². The molecule has 1 aromatic heterocycles. The van der Waals surface area contributed by atoms with Crippen LogP contribution in [-0.2, 0) is 4.79 Å². The lowest BCUT2D eigenvalue weighted by atomic mass is 9.94. The zero-order valence-corrected chi connectivity index (χ0v) is 11.4. The Bertz CT molecular complexity index is 435. The van der Waals surface area contributed by atoms with Crippen LogP contribution in [0.4, 0.5) is 9.93 Å². The number of nitrogens with zero attached hydrogens (tertiary/aromatic N) is 1. The number of nitrogens with two attached hydrogens (primary N) is 1. The van der Waals surface area contributed by atoms with E-state index in [0.29, 0.717) is 5.13 Å². The first-order valence-corrected chi connectivity index (χ1v) is 7.31. The van der Waals surface area contributed by atoms with E-state index >= 15 is 0 Å². The van der Waals surface area contributed by atoms with Crippen LogP contribution in [0.15, 0.2) is 11.6 Å². The fourth-order valence-electron chi connectivity index (χ4n) is 2.41. The molecule has 2 atom stereocenters. The topological polar surface area (TPSA) is 97.1 Å². The van der Waals surface area contributed by atoms with Crippen molar-refractivity contribution in [1.29, 1.82) is 0 Å². The van der Waals surface area contributed by atoms with Crippen molar-refractivity contribution in [3.63, 3.8) is 0 Å². The quantitative estimate of drug-likeness (QED) is 0.736. The highest BCUT2D eigenvalue weighted by atomic mass is 32.1. The maximum Gasteiger partial charge on any atom is 0.321 e. The molecule has 0 aliphatic heterocycles. The fraction of sp³-hybridized carbons (Fsp3) is 0.583. The smallest absolute Gasteiger partial charge is 0.321 e. The van der Waals surface area contributed by atoms with Gasteiger partial charge in [-0.2, -0.15) is 0 Å². The summed E-state index contributed by atoms with van der Waals surface area (Å²) in [7, 11) is 0. The summed E-state index contributed by atoms with van der Waals surface area (Å²) in [6.45, 7) is 0. The zero-order valence-electron chi connectivity index (χ0n) is 10.6. The van der Waals surface area contributed by atoms with E-state index in [1.54, 1.807) is 11.6 Å². The van der Waals surface area contributed by atoms with Gasteiger partial charge in [0.05, 0.1) is 5.92 Å². The first-order valence-electron chi connectivity index (χ1n) is 6.43. The van der Waals surface area contributed by atoms with Crippen molar-refractivity contribution in [1.82, 2.24) is 10.3 Å². The molecule has 0 bridgehead atoms. The number of thiazole rings is 1. The van der Waals surface area contributed by atoms with Crippen molar-refractivity contribution < 1.29 is 9.59 Å². The predicted molar refractivity (Wildman–Crippen MR) is 73.8 cm³/mol. The van der Waals surface area contributed by atoms with Crippen molar-refractivity contribution >= 4 is 28.4 Å². The molecule has 1 heterocycles. The molecule has 0 aromatic carbocycles. The van der Waals surface area contributed by atoms with Gasteiger partial charge in [-0.3, -0.25) is 10.1 Å². The molecule has 0 unspecified atom stereocenters. The largest absolute Gasteiger partial charge is 0.369 e. The predicted octanol–water partition coefficient (Wildman–Crippen LogP) is 1.70. The monoisotopic (exact) mass is 282 g/mol. The van der Waals surface area contributed by atoms with Gasteiger partial charge in [-0.1, -0.05) is 19.3 Å². The summed E-state index contributed by atoms with van der Waals surface area (Å²) in [5, 5.41) is 7.83. The van der Waals surface area contributed by atoms with Gasteiger partial charge in [0, 0.05) is 17.6 Å². The first kappa shape index (κ1) is 13.8. The van der Waals surface area contributed by atoms with Gasteiger partial charge in [0.1, 0.15) is 0 Å². The third-order valence-corrected chi connectivity index (χ3v) is 4.04. The lowest BCUT2D eigenvalue weighted by Gasteiger charge is -2.23. The van der Waals surface area contributed by atoms with E-state index in [-0.39, 0.29) is 23.9 Å². The van der Waals surface area contributed by atoms with Crippen LogP contribution >= 0.6 is 11.3 Å². The van der Waals surface area contributed by atoms with Crippen LogP contribution in [0.25, 0.3) is 0 Å². The van der Waals surface area contributed by atoms with E-state index in [1.165, 1.54) is 11.3 Å². The number of nitrogens with one attached hydrogen (secondary N) is 2. The number of urea groups is 1. The number of aromatic nitrogens is 1. The second-order valence-corrected chi connectivity index (χ2v) is 5.58. The van der Waals surface area contributed by atoms with Crippen LogP contribution in [0, 0.1) is 5.92 Å². The molecule has 6 nitrogen and oxygen atoms in total. The molecule has 0 spiro atoms. The molecule has 0 radical (unpaired) electrons. The fourth-order valence-corrected chi connectivity index (χ4v) is 2.93. The Hall–Kier alpha value is -1.63. The third-order valence-electron chi connectivity index (χ3n) is 3.35. The van der Waals surface area contributed by atoms with Crippen molar-refractivity contribution in [3.05, 3.63) is 11.6 Å². The van der Waals surface area contributed by atoms with Gasteiger partial charge in [-0.25, -0.2) is 9.78 Å². The Morgan fingerprint density at radius 1 is 1.32 bits per heavy atom. The van der Waals surface area contributed by atoms with Crippen molar-refractivity contribution in [2.45, 2.75) is 38.1 Å². The lowest BCUT2D eigenvalue weighted by Crippen LogP contribution is -2.46. The minimum Gasteiger partial charge on any atom is -0.369 e. The molecule has 1 aliphatic rings. The molecule has 1 aromatic rings. The van der Waals surface area contributed by atoms with Crippen LogP contribution in [0.5, 0.6) is 0 Å². The molecule has 7 heteroatoms. The highest BCUT2D eigenvalue weighted by Crippen LogP contribution is 2.23. The maximum atomic E-state index is 11.9. The Morgan fingerprint density at radius 2 is 2.11 bits per heavy atom.